The SMILES string of the molecule is C[C@H](NC(=O)c1ccc(Cl)cc1)C(=O)N(C)[C@@H](C)c1ccccn1. The minimum absolute atomic E-state index is 0.185. The first-order valence-corrected chi connectivity index (χ1v) is 8.02. The second-order valence-electron chi connectivity index (χ2n) is 5.58. The van der Waals surface area contributed by atoms with Crippen molar-refractivity contribution in [2.45, 2.75) is 25.9 Å². The number of likely N-dealkylation sites (N-methyl/N-ethyl adjacent to an activating group) is 1. The minimum Gasteiger partial charge on any atom is -0.341 e. The first-order valence-electron chi connectivity index (χ1n) is 7.64. The predicted octanol–water partition coefficient (Wildman–Crippen LogP) is 3.07. The predicted molar refractivity (Wildman–Crippen MR) is 93.8 cm³/mol. The Kier molecular flexibility index (Phi) is 5.93. The maximum atomic E-state index is 12.5. The van der Waals surface area contributed by atoms with Crippen LogP contribution in [0.15, 0.2) is 48.7 Å². The molecule has 0 aliphatic carbocycles. The van der Waals surface area contributed by atoms with Gasteiger partial charge >= 0.3 is 0 Å². The average molecular weight is 346 g/mol. The van der Waals surface area contributed by atoms with Crippen LogP contribution in [0.4, 0.5) is 0 Å². The van der Waals surface area contributed by atoms with E-state index >= 15 is 0 Å². The van der Waals surface area contributed by atoms with E-state index in [-0.39, 0.29) is 17.9 Å². The van der Waals surface area contributed by atoms with E-state index < -0.39 is 6.04 Å². The number of carbonyl (C=O) groups is 2. The molecule has 0 radical (unpaired) electrons. The fourth-order valence-electron chi connectivity index (χ4n) is 2.26. The summed E-state index contributed by atoms with van der Waals surface area (Å²) >= 11 is 5.81. The molecule has 0 spiro atoms. The summed E-state index contributed by atoms with van der Waals surface area (Å²) < 4.78 is 0. The van der Waals surface area contributed by atoms with Crippen molar-refractivity contribution in [2.75, 3.05) is 7.05 Å². The number of rotatable bonds is 5. The molecule has 1 aromatic carbocycles. The molecular weight excluding hydrogens is 326 g/mol. The van der Waals surface area contributed by atoms with Crippen molar-refractivity contribution in [2.24, 2.45) is 0 Å². The molecule has 2 atom stereocenters. The van der Waals surface area contributed by atoms with Gasteiger partial charge in [0.1, 0.15) is 6.04 Å². The Morgan fingerprint density at radius 2 is 1.79 bits per heavy atom. The van der Waals surface area contributed by atoms with Crippen LogP contribution in [-0.4, -0.2) is 34.8 Å². The lowest BCUT2D eigenvalue weighted by atomic mass is 10.1. The van der Waals surface area contributed by atoms with Gasteiger partial charge in [-0.05, 0) is 50.2 Å². The molecule has 2 amide bonds. The van der Waals surface area contributed by atoms with Gasteiger partial charge in [-0.3, -0.25) is 14.6 Å². The van der Waals surface area contributed by atoms with E-state index in [4.69, 9.17) is 11.6 Å². The van der Waals surface area contributed by atoms with Gasteiger partial charge in [-0.15, -0.1) is 0 Å². The topological polar surface area (TPSA) is 62.3 Å². The second kappa shape index (κ2) is 7.93. The van der Waals surface area contributed by atoms with Crippen molar-refractivity contribution in [1.29, 1.82) is 0 Å². The number of aromatic nitrogens is 1. The normalized spacial score (nSPS) is 13.0. The smallest absolute Gasteiger partial charge is 0.251 e. The van der Waals surface area contributed by atoms with E-state index in [0.29, 0.717) is 10.6 Å². The van der Waals surface area contributed by atoms with E-state index in [0.717, 1.165) is 5.69 Å². The summed E-state index contributed by atoms with van der Waals surface area (Å²) in [5, 5.41) is 3.26. The van der Waals surface area contributed by atoms with Crippen LogP contribution >= 0.6 is 11.6 Å². The van der Waals surface area contributed by atoms with Crippen molar-refractivity contribution in [1.82, 2.24) is 15.2 Å². The molecule has 0 saturated carbocycles. The number of amides is 2. The van der Waals surface area contributed by atoms with Gasteiger partial charge in [0.15, 0.2) is 0 Å². The van der Waals surface area contributed by atoms with Gasteiger partial charge in [0, 0.05) is 23.8 Å². The quantitative estimate of drug-likeness (QED) is 0.905. The number of nitrogens with one attached hydrogen (secondary N) is 1. The Morgan fingerprint density at radius 1 is 1.12 bits per heavy atom. The number of halogens is 1. The lowest BCUT2D eigenvalue weighted by Crippen LogP contribution is -2.46. The van der Waals surface area contributed by atoms with Gasteiger partial charge in [-0.25, -0.2) is 0 Å². The van der Waals surface area contributed by atoms with Crippen molar-refractivity contribution >= 4 is 23.4 Å². The zero-order valence-electron chi connectivity index (χ0n) is 13.9. The highest BCUT2D eigenvalue weighted by molar-refractivity contribution is 6.30. The molecule has 0 saturated heterocycles. The van der Waals surface area contributed by atoms with Crippen LogP contribution in [0.1, 0.15) is 35.9 Å². The van der Waals surface area contributed by atoms with Crippen LogP contribution in [0.3, 0.4) is 0 Å². The third kappa shape index (κ3) is 4.32. The van der Waals surface area contributed by atoms with Gasteiger partial charge in [-0.1, -0.05) is 17.7 Å². The average Bonchev–Trinajstić information content (AvgIpc) is 2.61. The van der Waals surface area contributed by atoms with E-state index in [1.165, 1.54) is 0 Å². The van der Waals surface area contributed by atoms with Crippen LogP contribution in [0, 0.1) is 0 Å². The summed E-state index contributed by atoms with van der Waals surface area (Å²) in [7, 11) is 1.70. The molecule has 1 aromatic heterocycles. The van der Waals surface area contributed by atoms with E-state index in [1.54, 1.807) is 49.3 Å². The van der Waals surface area contributed by atoms with Gasteiger partial charge in [0.2, 0.25) is 5.91 Å². The zero-order chi connectivity index (χ0) is 17.7. The number of nitrogens with zero attached hydrogens (tertiary/aromatic N) is 2. The Labute approximate surface area is 146 Å². The molecule has 1 N–H and O–H groups in total. The highest BCUT2D eigenvalue weighted by Crippen LogP contribution is 2.17. The molecule has 5 nitrogen and oxygen atoms in total. The Balaban J connectivity index is 2.00. The highest BCUT2D eigenvalue weighted by Gasteiger charge is 2.24. The van der Waals surface area contributed by atoms with Crippen molar-refractivity contribution < 1.29 is 9.59 Å². The summed E-state index contributed by atoms with van der Waals surface area (Å²) in [4.78, 5) is 30.6. The Bertz CT molecular complexity index is 704. The van der Waals surface area contributed by atoms with Crippen LogP contribution in [0.25, 0.3) is 0 Å². The molecule has 1 heterocycles. The zero-order valence-corrected chi connectivity index (χ0v) is 14.6. The molecule has 0 aliphatic rings. The molecular formula is C18H20ClN3O2. The second-order valence-corrected chi connectivity index (χ2v) is 6.02. The molecule has 24 heavy (non-hydrogen) atoms. The van der Waals surface area contributed by atoms with Crippen molar-refractivity contribution in [3.05, 3.63) is 64.9 Å². The van der Waals surface area contributed by atoms with Crippen LogP contribution < -0.4 is 5.32 Å². The van der Waals surface area contributed by atoms with Crippen molar-refractivity contribution in [3.8, 4) is 0 Å². The van der Waals surface area contributed by atoms with Crippen LogP contribution in [0.5, 0.6) is 0 Å². The third-order valence-corrected chi connectivity index (χ3v) is 4.12. The fourth-order valence-corrected chi connectivity index (χ4v) is 2.39. The largest absolute Gasteiger partial charge is 0.341 e. The molecule has 0 fully saturated rings. The number of carbonyl (C=O) groups excluding carboxylic acids is 2. The van der Waals surface area contributed by atoms with E-state index in [2.05, 4.69) is 10.3 Å². The summed E-state index contributed by atoms with van der Waals surface area (Å²) in [6.07, 6.45) is 1.69. The van der Waals surface area contributed by atoms with Gasteiger partial charge < -0.3 is 10.2 Å². The first-order chi connectivity index (χ1) is 11.4. The molecule has 6 heteroatoms. The monoisotopic (exact) mass is 345 g/mol. The number of benzene rings is 1. The summed E-state index contributed by atoms with van der Waals surface area (Å²) in [6.45, 7) is 3.56. The fraction of sp³-hybridized carbons (Fsp3) is 0.278. The van der Waals surface area contributed by atoms with Gasteiger partial charge in [0.25, 0.3) is 5.91 Å². The Morgan fingerprint density at radius 3 is 2.38 bits per heavy atom. The van der Waals surface area contributed by atoms with E-state index in [9.17, 15) is 9.59 Å². The lowest BCUT2D eigenvalue weighted by molar-refractivity contribution is -0.133. The lowest BCUT2D eigenvalue weighted by Gasteiger charge is -2.27. The maximum Gasteiger partial charge on any atom is 0.251 e. The summed E-state index contributed by atoms with van der Waals surface area (Å²) in [6, 6.07) is 11.3. The molecule has 2 aromatic rings. The maximum absolute atomic E-state index is 12.5. The first kappa shape index (κ1) is 17.9. The molecule has 0 aliphatic heterocycles. The van der Waals surface area contributed by atoms with Gasteiger partial charge in [0.05, 0.1) is 11.7 Å². The number of pyridine rings is 1. The molecule has 0 unspecified atom stereocenters. The minimum atomic E-state index is -0.649. The molecule has 126 valence electrons. The standard InChI is InChI=1S/C18H20ClN3O2/c1-12(21-17(23)14-7-9-15(19)10-8-14)18(24)22(3)13(2)16-6-4-5-11-20-16/h4-13H,1-3H3,(H,21,23)/t12-,13-/m0/s1. The summed E-state index contributed by atoms with van der Waals surface area (Å²) in [5.74, 6) is -0.498. The van der Waals surface area contributed by atoms with Crippen LogP contribution in [-0.2, 0) is 4.79 Å². The summed E-state index contributed by atoms with van der Waals surface area (Å²) in [5.41, 5.74) is 1.25. The molecule has 2 rings (SSSR count). The number of hydrogen-bond donors (Lipinski definition) is 1. The Hall–Kier alpha value is -2.40. The van der Waals surface area contributed by atoms with E-state index in [1.807, 2.05) is 25.1 Å². The van der Waals surface area contributed by atoms with Crippen molar-refractivity contribution in [3.63, 3.8) is 0 Å². The molecule has 0 bridgehead atoms. The third-order valence-electron chi connectivity index (χ3n) is 3.87. The van der Waals surface area contributed by atoms with Gasteiger partial charge in [-0.2, -0.15) is 0 Å². The van der Waals surface area contributed by atoms with Crippen LogP contribution in [0.2, 0.25) is 5.02 Å². The number of hydrogen-bond acceptors (Lipinski definition) is 3. The highest BCUT2D eigenvalue weighted by atomic mass is 35.5.